The first kappa shape index (κ1) is 15.3. The molecule has 0 aromatic rings. The summed E-state index contributed by atoms with van der Waals surface area (Å²) in [5.41, 5.74) is -0.109. The van der Waals surface area contributed by atoms with Crippen LogP contribution in [0.5, 0.6) is 0 Å². The molecule has 2 N–H and O–H groups in total. The van der Waals surface area contributed by atoms with Crippen LogP contribution in [-0.2, 0) is 9.59 Å². The number of nitrogens with one attached hydrogen (secondary N) is 1. The zero-order chi connectivity index (χ0) is 13.8. The third-order valence-electron chi connectivity index (χ3n) is 2.73. The number of rotatable bonds is 4. The van der Waals surface area contributed by atoms with E-state index in [1.54, 1.807) is 16.7 Å². The minimum absolute atomic E-state index is 0.00326. The minimum Gasteiger partial charge on any atom is -0.481 e. The van der Waals surface area contributed by atoms with Crippen molar-refractivity contribution in [3.8, 4) is 0 Å². The molecule has 0 aliphatic carbocycles. The number of carbonyl (C=O) groups is 2. The Bertz CT molecular complexity index is 315. The standard InChI is InChI=1S/C12H22N2O3S/c1-12(2,3)13-7-10(15)14-4-5-18-8-9(14)6-11(16)17/h9,13H,4-8H2,1-3H3,(H,16,17). The van der Waals surface area contributed by atoms with Crippen molar-refractivity contribution in [3.63, 3.8) is 0 Å². The summed E-state index contributed by atoms with van der Waals surface area (Å²) in [4.78, 5) is 24.6. The molecule has 1 amide bonds. The summed E-state index contributed by atoms with van der Waals surface area (Å²) in [6, 6.07) is -0.171. The number of carboxylic acid groups (broad SMARTS) is 1. The Balaban J connectivity index is 2.54. The maximum Gasteiger partial charge on any atom is 0.305 e. The van der Waals surface area contributed by atoms with Gasteiger partial charge < -0.3 is 15.3 Å². The van der Waals surface area contributed by atoms with E-state index >= 15 is 0 Å². The number of hydrogen-bond acceptors (Lipinski definition) is 4. The summed E-state index contributed by atoms with van der Waals surface area (Å²) in [6.07, 6.45) is 0.0360. The van der Waals surface area contributed by atoms with Crippen LogP contribution < -0.4 is 5.32 Å². The zero-order valence-electron chi connectivity index (χ0n) is 11.2. The van der Waals surface area contributed by atoms with E-state index in [0.29, 0.717) is 12.3 Å². The number of nitrogens with zero attached hydrogens (tertiary/aromatic N) is 1. The smallest absolute Gasteiger partial charge is 0.305 e. The average Bonchev–Trinajstić information content (AvgIpc) is 2.25. The van der Waals surface area contributed by atoms with Gasteiger partial charge in [0.25, 0.3) is 0 Å². The molecule has 6 heteroatoms. The van der Waals surface area contributed by atoms with Gasteiger partial charge in [-0.3, -0.25) is 9.59 Å². The van der Waals surface area contributed by atoms with Gasteiger partial charge in [0.2, 0.25) is 5.91 Å². The molecule has 0 saturated carbocycles. The highest BCUT2D eigenvalue weighted by Gasteiger charge is 2.29. The molecule has 0 aromatic carbocycles. The predicted octanol–water partition coefficient (Wildman–Crippen LogP) is 0.793. The van der Waals surface area contributed by atoms with Gasteiger partial charge in [-0.2, -0.15) is 11.8 Å². The fourth-order valence-corrected chi connectivity index (χ4v) is 2.86. The van der Waals surface area contributed by atoms with E-state index in [4.69, 9.17) is 5.11 Å². The number of thioether (sulfide) groups is 1. The first-order chi connectivity index (χ1) is 8.29. The highest BCUT2D eigenvalue weighted by atomic mass is 32.2. The molecule has 104 valence electrons. The van der Waals surface area contributed by atoms with Gasteiger partial charge in [-0.1, -0.05) is 0 Å². The Morgan fingerprint density at radius 2 is 2.11 bits per heavy atom. The van der Waals surface area contributed by atoms with Crippen molar-refractivity contribution in [1.82, 2.24) is 10.2 Å². The second-order valence-electron chi connectivity index (χ2n) is 5.52. The summed E-state index contributed by atoms with van der Waals surface area (Å²) >= 11 is 1.71. The quantitative estimate of drug-likeness (QED) is 0.793. The Morgan fingerprint density at radius 3 is 2.67 bits per heavy atom. The van der Waals surface area contributed by atoms with E-state index in [0.717, 1.165) is 5.75 Å². The van der Waals surface area contributed by atoms with E-state index in [1.807, 2.05) is 20.8 Å². The van der Waals surface area contributed by atoms with Crippen LogP contribution >= 0.6 is 11.8 Å². The van der Waals surface area contributed by atoms with Crippen LogP contribution in [0.2, 0.25) is 0 Å². The van der Waals surface area contributed by atoms with E-state index in [9.17, 15) is 9.59 Å². The molecule has 1 saturated heterocycles. The molecule has 0 bridgehead atoms. The molecular formula is C12H22N2O3S. The average molecular weight is 274 g/mol. The lowest BCUT2D eigenvalue weighted by Gasteiger charge is -2.35. The molecule has 1 heterocycles. The van der Waals surface area contributed by atoms with Crippen LogP contribution in [0.4, 0.5) is 0 Å². The Labute approximate surface area is 112 Å². The second kappa shape index (κ2) is 6.43. The Morgan fingerprint density at radius 1 is 1.44 bits per heavy atom. The van der Waals surface area contributed by atoms with Crippen molar-refractivity contribution in [1.29, 1.82) is 0 Å². The summed E-state index contributed by atoms with van der Waals surface area (Å²) in [6.45, 7) is 6.92. The maximum atomic E-state index is 12.1. The molecule has 18 heavy (non-hydrogen) atoms. The third kappa shape index (κ3) is 5.27. The van der Waals surface area contributed by atoms with Gasteiger partial charge in [-0.05, 0) is 20.8 Å². The molecule has 0 radical (unpaired) electrons. The molecule has 0 aromatic heterocycles. The second-order valence-corrected chi connectivity index (χ2v) is 6.67. The lowest BCUT2D eigenvalue weighted by atomic mass is 10.1. The fourth-order valence-electron chi connectivity index (χ4n) is 1.80. The molecule has 0 spiro atoms. The Kier molecular flexibility index (Phi) is 5.47. The van der Waals surface area contributed by atoms with Gasteiger partial charge in [-0.15, -0.1) is 0 Å². The van der Waals surface area contributed by atoms with Gasteiger partial charge in [0.05, 0.1) is 19.0 Å². The van der Waals surface area contributed by atoms with Crippen LogP contribution in [0.15, 0.2) is 0 Å². The van der Waals surface area contributed by atoms with Crippen molar-refractivity contribution in [2.24, 2.45) is 0 Å². The van der Waals surface area contributed by atoms with Crippen LogP contribution in [0, 0.1) is 0 Å². The van der Waals surface area contributed by atoms with Gasteiger partial charge in [-0.25, -0.2) is 0 Å². The van der Waals surface area contributed by atoms with Crippen molar-refractivity contribution in [2.75, 3.05) is 24.6 Å². The van der Waals surface area contributed by atoms with E-state index < -0.39 is 5.97 Å². The van der Waals surface area contributed by atoms with Gasteiger partial charge in [0, 0.05) is 23.6 Å². The van der Waals surface area contributed by atoms with E-state index in [2.05, 4.69) is 5.32 Å². The number of amides is 1. The van der Waals surface area contributed by atoms with Crippen LogP contribution in [-0.4, -0.2) is 58.1 Å². The SMILES string of the molecule is CC(C)(C)NCC(=O)N1CCSCC1CC(=O)O. The Hall–Kier alpha value is -0.750. The predicted molar refractivity (Wildman–Crippen MR) is 72.8 cm³/mol. The van der Waals surface area contributed by atoms with Crippen LogP contribution in [0.3, 0.4) is 0 Å². The van der Waals surface area contributed by atoms with Crippen molar-refractivity contribution >= 4 is 23.6 Å². The number of hydrogen-bond donors (Lipinski definition) is 2. The maximum absolute atomic E-state index is 12.1. The number of carboxylic acids is 1. The summed E-state index contributed by atoms with van der Waals surface area (Å²) < 4.78 is 0. The van der Waals surface area contributed by atoms with Crippen molar-refractivity contribution in [2.45, 2.75) is 38.8 Å². The van der Waals surface area contributed by atoms with E-state index in [1.165, 1.54) is 0 Å². The molecule has 5 nitrogen and oxygen atoms in total. The molecular weight excluding hydrogens is 252 g/mol. The molecule has 1 rings (SSSR count). The molecule has 1 fully saturated rings. The van der Waals surface area contributed by atoms with Crippen LogP contribution in [0.25, 0.3) is 0 Å². The van der Waals surface area contributed by atoms with E-state index in [-0.39, 0.29) is 30.5 Å². The minimum atomic E-state index is -0.843. The number of aliphatic carboxylic acids is 1. The lowest BCUT2D eigenvalue weighted by Crippen LogP contribution is -2.52. The first-order valence-electron chi connectivity index (χ1n) is 6.13. The van der Waals surface area contributed by atoms with Gasteiger partial charge >= 0.3 is 5.97 Å². The van der Waals surface area contributed by atoms with Crippen LogP contribution in [0.1, 0.15) is 27.2 Å². The van der Waals surface area contributed by atoms with Gasteiger partial charge in [0.1, 0.15) is 0 Å². The third-order valence-corrected chi connectivity index (χ3v) is 3.82. The molecule has 1 aliphatic heterocycles. The molecule has 1 aliphatic rings. The summed E-state index contributed by atoms with van der Waals surface area (Å²) in [7, 11) is 0. The molecule has 1 atom stereocenters. The topological polar surface area (TPSA) is 69.6 Å². The highest BCUT2D eigenvalue weighted by molar-refractivity contribution is 7.99. The summed E-state index contributed by atoms with van der Waals surface area (Å²) in [5.74, 6) is 0.755. The van der Waals surface area contributed by atoms with Crippen molar-refractivity contribution in [3.05, 3.63) is 0 Å². The largest absolute Gasteiger partial charge is 0.481 e. The summed E-state index contributed by atoms with van der Waals surface area (Å²) in [5, 5.41) is 12.0. The zero-order valence-corrected chi connectivity index (χ0v) is 12.0. The first-order valence-corrected chi connectivity index (χ1v) is 7.29. The van der Waals surface area contributed by atoms with Crippen molar-refractivity contribution < 1.29 is 14.7 Å². The normalized spacial score (nSPS) is 20.8. The monoisotopic (exact) mass is 274 g/mol. The number of carbonyl (C=O) groups excluding carboxylic acids is 1. The van der Waals surface area contributed by atoms with Gasteiger partial charge in [0.15, 0.2) is 0 Å². The molecule has 1 unspecified atom stereocenters. The fraction of sp³-hybridized carbons (Fsp3) is 0.833. The lowest BCUT2D eigenvalue weighted by molar-refractivity contribution is -0.140. The highest BCUT2D eigenvalue weighted by Crippen LogP contribution is 2.19.